The largest absolute Gasteiger partial charge is 0.497 e. The lowest BCUT2D eigenvalue weighted by molar-refractivity contribution is -0.141. The zero-order valence-corrected chi connectivity index (χ0v) is 15.4. The van der Waals surface area contributed by atoms with Gasteiger partial charge in [0.25, 0.3) is 0 Å². The van der Waals surface area contributed by atoms with Gasteiger partial charge in [-0.05, 0) is 35.7 Å². The standard InChI is InChI=1S/C21H23NO5/c1-25-17-9-7-14(8-10-17)18(12-20(23)26-2)22-21(24)16-11-15-5-3-4-6-19(15)27-13-16/h3-10,16,18H,11-13H2,1-2H3,(H,22,24)/t16-,18-/m1/s1. The van der Waals surface area contributed by atoms with Gasteiger partial charge in [0.15, 0.2) is 0 Å². The molecule has 6 heteroatoms. The topological polar surface area (TPSA) is 73.9 Å². The van der Waals surface area contributed by atoms with E-state index in [2.05, 4.69) is 5.32 Å². The fourth-order valence-electron chi connectivity index (χ4n) is 3.12. The van der Waals surface area contributed by atoms with E-state index in [9.17, 15) is 9.59 Å². The normalized spacial score (nSPS) is 16.4. The molecule has 1 aliphatic heterocycles. The number of nitrogens with one attached hydrogen (secondary N) is 1. The molecule has 142 valence electrons. The summed E-state index contributed by atoms with van der Waals surface area (Å²) in [4.78, 5) is 24.6. The lowest BCUT2D eigenvalue weighted by atomic mass is 9.95. The smallest absolute Gasteiger partial charge is 0.307 e. The van der Waals surface area contributed by atoms with Gasteiger partial charge in [-0.15, -0.1) is 0 Å². The summed E-state index contributed by atoms with van der Waals surface area (Å²) < 4.78 is 15.7. The number of benzene rings is 2. The molecule has 1 N–H and O–H groups in total. The third-order valence-corrected chi connectivity index (χ3v) is 4.68. The van der Waals surface area contributed by atoms with E-state index >= 15 is 0 Å². The fraction of sp³-hybridized carbons (Fsp3) is 0.333. The Bertz CT molecular complexity index is 802. The molecule has 0 radical (unpaired) electrons. The zero-order chi connectivity index (χ0) is 19.2. The van der Waals surface area contributed by atoms with E-state index in [1.165, 1.54) is 7.11 Å². The number of carbonyl (C=O) groups excluding carboxylic acids is 2. The van der Waals surface area contributed by atoms with E-state index in [4.69, 9.17) is 14.2 Å². The van der Waals surface area contributed by atoms with Gasteiger partial charge in [0.1, 0.15) is 18.1 Å². The quantitative estimate of drug-likeness (QED) is 0.793. The SMILES string of the molecule is COC(=O)C[C@@H](NC(=O)[C@H]1COc2ccccc2C1)c1ccc(OC)cc1. The van der Waals surface area contributed by atoms with Crippen LogP contribution in [-0.4, -0.2) is 32.7 Å². The minimum atomic E-state index is -0.479. The van der Waals surface area contributed by atoms with Crippen molar-refractivity contribution >= 4 is 11.9 Å². The molecule has 0 saturated heterocycles. The van der Waals surface area contributed by atoms with Crippen LogP contribution in [0.15, 0.2) is 48.5 Å². The van der Waals surface area contributed by atoms with Gasteiger partial charge in [-0.2, -0.15) is 0 Å². The summed E-state index contributed by atoms with van der Waals surface area (Å²) in [5, 5.41) is 2.98. The lowest BCUT2D eigenvalue weighted by Crippen LogP contribution is -2.40. The number of ether oxygens (including phenoxy) is 3. The fourth-order valence-corrected chi connectivity index (χ4v) is 3.12. The number of para-hydroxylation sites is 1. The van der Waals surface area contributed by atoms with Crippen molar-refractivity contribution in [2.24, 2.45) is 5.92 Å². The number of carbonyl (C=O) groups is 2. The van der Waals surface area contributed by atoms with Crippen LogP contribution < -0.4 is 14.8 Å². The lowest BCUT2D eigenvalue weighted by Gasteiger charge is -2.27. The average Bonchev–Trinajstić information content (AvgIpc) is 2.72. The van der Waals surface area contributed by atoms with Crippen LogP contribution in [-0.2, 0) is 20.7 Å². The molecule has 6 nitrogen and oxygen atoms in total. The number of hydrogen-bond donors (Lipinski definition) is 1. The van der Waals surface area contributed by atoms with Crippen molar-refractivity contribution < 1.29 is 23.8 Å². The van der Waals surface area contributed by atoms with Crippen LogP contribution in [0.3, 0.4) is 0 Å². The maximum Gasteiger partial charge on any atom is 0.307 e. The van der Waals surface area contributed by atoms with Crippen molar-refractivity contribution in [2.45, 2.75) is 18.9 Å². The van der Waals surface area contributed by atoms with Crippen molar-refractivity contribution in [3.63, 3.8) is 0 Å². The highest BCUT2D eigenvalue weighted by molar-refractivity contribution is 5.81. The molecule has 3 rings (SSSR count). The van der Waals surface area contributed by atoms with Gasteiger partial charge in [-0.3, -0.25) is 9.59 Å². The van der Waals surface area contributed by atoms with Crippen LogP contribution in [0, 0.1) is 5.92 Å². The summed E-state index contributed by atoms with van der Waals surface area (Å²) in [5.74, 6) is 0.691. The van der Waals surface area contributed by atoms with E-state index in [-0.39, 0.29) is 24.2 Å². The van der Waals surface area contributed by atoms with Crippen molar-refractivity contribution in [1.29, 1.82) is 0 Å². The first-order valence-electron chi connectivity index (χ1n) is 8.82. The Balaban J connectivity index is 1.73. The third kappa shape index (κ3) is 4.58. The first-order valence-corrected chi connectivity index (χ1v) is 8.82. The number of methoxy groups -OCH3 is 2. The van der Waals surface area contributed by atoms with Gasteiger partial charge in [-0.1, -0.05) is 30.3 Å². The summed E-state index contributed by atoms with van der Waals surface area (Å²) in [6.45, 7) is 0.316. The molecule has 0 unspecified atom stereocenters. The maximum absolute atomic E-state index is 12.8. The first-order chi connectivity index (χ1) is 13.1. The summed E-state index contributed by atoms with van der Waals surface area (Å²) in [6, 6.07) is 14.5. The van der Waals surface area contributed by atoms with E-state index in [0.717, 1.165) is 16.9 Å². The van der Waals surface area contributed by atoms with Crippen LogP contribution >= 0.6 is 0 Å². The molecule has 0 aliphatic carbocycles. The summed E-state index contributed by atoms with van der Waals surface area (Å²) >= 11 is 0. The molecule has 1 aliphatic rings. The van der Waals surface area contributed by atoms with Crippen LogP contribution in [0.1, 0.15) is 23.6 Å². The summed E-state index contributed by atoms with van der Waals surface area (Å²) in [5.41, 5.74) is 1.82. The Kier molecular flexibility index (Phi) is 5.96. The third-order valence-electron chi connectivity index (χ3n) is 4.68. The van der Waals surface area contributed by atoms with Crippen LogP contribution in [0.4, 0.5) is 0 Å². The monoisotopic (exact) mass is 369 g/mol. The number of fused-ring (bicyclic) bond motifs is 1. The van der Waals surface area contributed by atoms with Gasteiger partial charge in [0, 0.05) is 0 Å². The Labute approximate surface area is 158 Å². The van der Waals surface area contributed by atoms with E-state index in [1.807, 2.05) is 36.4 Å². The second kappa shape index (κ2) is 8.58. The summed E-state index contributed by atoms with van der Waals surface area (Å²) in [6.07, 6.45) is 0.661. The van der Waals surface area contributed by atoms with Crippen LogP contribution in [0.2, 0.25) is 0 Å². The van der Waals surface area contributed by atoms with E-state index < -0.39 is 6.04 Å². The minimum absolute atomic E-state index is 0.0543. The predicted octanol–water partition coefficient (Wildman–Crippen LogP) is 2.67. The molecule has 1 amide bonds. The molecule has 0 fully saturated rings. The molecule has 1 heterocycles. The molecular weight excluding hydrogens is 346 g/mol. The minimum Gasteiger partial charge on any atom is -0.497 e. The second-order valence-corrected chi connectivity index (χ2v) is 6.43. The highest BCUT2D eigenvalue weighted by atomic mass is 16.5. The molecule has 2 aromatic rings. The highest BCUT2D eigenvalue weighted by Gasteiger charge is 2.28. The second-order valence-electron chi connectivity index (χ2n) is 6.43. The van der Waals surface area contributed by atoms with Gasteiger partial charge >= 0.3 is 5.97 Å². The van der Waals surface area contributed by atoms with Crippen LogP contribution in [0.5, 0.6) is 11.5 Å². The molecule has 0 aromatic heterocycles. The number of amides is 1. The molecule has 27 heavy (non-hydrogen) atoms. The Hall–Kier alpha value is -3.02. The van der Waals surface area contributed by atoms with Crippen molar-refractivity contribution in [1.82, 2.24) is 5.32 Å². The number of esters is 1. The van der Waals surface area contributed by atoms with E-state index in [0.29, 0.717) is 18.8 Å². The molecule has 2 atom stereocenters. The molecule has 0 bridgehead atoms. The Morgan fingerprint density at radius 3 is 2.59 bits per heavy atom. The zero-order valence-electron chi connectivity index (χ0n) is 15.4. The number of hydrogen-bond acceptors (Lipinski definition) is 5. The predicted molar refractivity (Wildman–Crippen MR) is 99.6 cm³/mol. The van der Waals surface area contributed by atoms with Crippen molar-refractivity contribution in [3.05, 3.63) is 59.7 Å². The highest BCUT2D eigenvalue weighted by Crippen LogP contribution is 2.28. The van der Waals surface area contributed by atoms with Gasteiger partial charge in [0.2, 0.25) is 5.91 Å². The molecule has 0 saturated carbocycles. The molecular formula is C21H23NO5. The van der Waals surface area contributed by atoms with Gasteiger partial charge < -0.3 is 19.5 Å². The van der Waals surface area contributed by atoms with Crippen molar-refractivity contribution in [3.8, 4) is 11.5 Å². The van der Waals surface area contributed by atoms with E-state index in [1.54, 1.807) is 19.2 Å². The van der Waals surface area contributed by atoms with Crippen LogP contribution in [0.25, 0.3) is 0 Å². The van der Waals surface area contributed by atoms with Gasteiger partial charge in [-0.25, -0.2) is 0 Å². The maximum atomic E-state index is 12.8. The summed E-state index contributed by atoms with van der Waals surface area (Å²) in [7, 11) is 2.92. The Morgan fingerprint density at radius 2 is 1.89 bits per heavy atom. The van der Waals surface area contributed by atoms with Gasteiger partial charge in [0.05, 0.1) is 32.6 Å². The van der Waals surface area contributed by atoms with Crippen molar-refractivity contribution in [2.75, 3.05) is 20.8 Å². The average molecular weight is 369 g/mol. The molecule has 0 spiro atoms. The first kappa shape index (κ1) is 18.8. The Morgan fingerprint density at radius 1 is 1.15 bits per heavy atom. The molecule has 2 aromatic carbocycles. The number of rotatable bonds is 6.